The van der Waals surface area contributed by atoms with Gasteiger partial charge >= 0.3 is 0 Å². The van der Waals surface area contributed by atoms with E-state index in [0.717, 1.165) is 31.2 Å². The Bertz CT molecular complexity index is 1360. The molecule has 3 aliphatic rings. The first-order chi connectivity index (χ1) is 20.8. The predicted molar refractivity (Wildman–Crippen MR) is 164 cm³/mol. The van der Waals surface area contributed by atoms with Gasteiger partial charge in [-0.1, -0.05) is 18.9 Å². The van der Waals surface area contributed by atoms with E-state index in [-0.39, 0.29) is 51.3 Å². The van der Waals surface area contributed by atoms with Crippen molar-refractivity contribution in [2.45, 2.75) is 63.5 Å². The Morgan fingerprint density at radius 3 is 2.58 bits per heavy atom. The van der Waals surface area contributed by atoms with E-state index < -0.39 is 24.2 Å². The molecular formula is C31H37IN2O9. The van der Waals surface area contributed by atoms with Crippen molar-refractivity contribution in [1.29, 1.82) is 0 Å². The monoisotopic (exact) mass is 708 g/mol. The third kappa shape index (κ3) is 7.03. The van der Waals surface area contributed by atoms with E-state index in [2.05, 4.69) is 27.9 Å². The van der Waals surface area contributed by atoms with E-state index in [1.165, 1.54) is 7.11 Å². The standard InChI is InChI=1S/C31H37IN2O9/c1-40-27-12-19(16-36)10-22(32)29(27)43-26-14-21(30(38)33-8-9-35)13-23(28(26)37)34(31(39)20-4-2-3-5-20)15-18-6-7-24-25(11-18)42-17-41-24/h6-7,10-12,14,20,23,26,28,35-37H,2-5,8-9,13,15-17H2,1H3,(H,33,38)/t23-,26+,28+/m1/s1. The first-order valence-corrected chi connectivity index (χ1v) is 15.5. The summed E-state index contributed by atoms with van der Waals surface area (Å²) in [6.07, 6.45) is 2.94. The number of carbonyl (C=O) groups excluding carboxylic acids is 2. The number of fused-ring (bicyclic) bond motifs is 1. The Kier molecular flexibility index (Phi) is 10.3. The number of methoxy groups -OCH3 is 1. The average molecular weight is 709 g/mol. The average Bonchev–Trinajstić information content (AvgIpc) is 3.72. The zero-order valence-corrected chi connectivity index (χ0v) is 26.1. The number of benzene rings is 2. The molecular weight excluding hydrogens is 671 g/mol. The summed E-state index contributed by atoms with van der Waals surface area (Å²) in [6, 6.07) is 8.12. The summed E-state index contributed by atoms with van der Waals surface area (Å²) >= 11 is 2.07. The minimum Gasteiger partial charge on any atom is -0.493 e. The van der Waals surface area contributed by atoms with Crippen LogP contribution in [-0.2, 0) is 22.7 Å². The van der Waals surface area contributed by atoms with Crippen LogP contribution in [0.15, 0.2) is 42.0 Å². The number of halogens is 1. The van der Waals surface area contributed by atoms with Crippen LogP contribution in [0.2, 0.25) is 0 Å². The lowest BCUT2D eigenvalue weighted by Crippen LogP contribution is -2.55. The first-order valence-electron chi connectivity index (χ1n) is 14.4. The van der Waals surface area contributed by atoms with Gasteiger partial charge in [0.05, 0.1) is 29.9 Å². The predicted octanol–water partition coefficient (Wildman–Crippen LogP) is 2.66. The topological polar surface area (TPSA) is 147 Å². The molecule has 5 rings (SSSR count). The van der Waals surface area contributed by atoms with Crippen LogP contribution in [0.5, 0.6) is 23.0 Å². The molecule has 0 radical (unpaired) electrons. The molecule has 2 aliphatic carbocycles. The Labute approximate surface area is 263 Å². The highest BCUT2D eigenvalue weighted by Gasteiger charge is 2.42. The van der Waals surface area contributed by atoms with Crippen LogP contribution in [0.3, 0.4) is 0 Å². The van der Waals surface area contributed by atoms with Crippen molar-refractivity contribution in [3.8, 4) is 23.0 Å². The van der Waals surface area contributed by atoms with Crippen LogP contribution in [0.1, 0.15) is 43.2 Å². The molecule has 2 aromatic carbocycles. The Balaban J connectivity index is 1.51. The normalized spacial score (nSPS) is 21.3. The van der Waals surface area contributed by atoms with E-state index in [0.29, 0.717) is 37.7 Å². The lowest BCUT2D eigenvalue weighted by atomic mass is 9.87. The minimum atomic E-state index is -1.19. The number of aliphatic hydroxyl groups excluding tert-OH is 3. The van der Waals surface area contributed by atoms with Gasteiger partial charge in [-0.25, -0.2) is 0 Å². The molecule has 0 aromatic heterocycles. The van der Waals surface area contributed by atoms with E-state index in [1.807, 2.05) is 12.1 Å². The van der Waals surface area contributed by atoms with Crippen LogP contribution >= 0.6 is 22.6 Å². The second-order valence-corrected chi connectivity index (χ2v) is 12.1. The van der Waals surface area contributed by atoms with E-state index >= 15 is 0 Å². The summed E-state index contributed by atoms with van der Waals surface area (Å²) in [5.41, 5.74) is 1.77. The number of rotatable bonds is 11. The summed E-state index contributed by atoms with van der Waals surface area (Å²) in [7, 11) is 1.48. The third-order valence-corrected chi connectivity index (χ3v) is 8.92. The molecule has 0 saturated heterocycles. The molecule has 1 fully saturated rings. The van der Waals surface area contributed by atoms with Gasteiger partial charge in [0, 0.05) is 31.0 Å². The molecule has 232 valence electrons. The molecule has 2 amide bonds. The number of ether oxygens (including phenoxy) is 4. The highest BCUT2D eigenvalue weighted by Crippen LogP contribution is 2.39. The fourth-order valence-corrected chi connectivity index (χ4v) is 6.69. The first kappa shape index (κ1) is 31.4. The van der Waals surface area contributed by atoms with Crippen molar-refractivity contribution in [2.75, 3.05) is 27.1 Å². The smallest absolute Gasteiger partial charge is 0.247 e. The molecule has 3 atom stereocenters. The fourth-order valence-electron chi connectivity index (χ4n) is 5.90. The van der Waals surface area contributed by atoms with Gasteiger partial charge < -0.3 is 44.5 Å². The third-order valence-electron chi connectivity index (χ3n) is 8.12. The molecule has 12 heteroatoms. The second-order valence-electron chi connectivity index (χ2n) is 10.9. The second kappa shape index (κ2) is 14.1. The van der Waals surface area contributed by atoms with Crippen LogP contribution in [0.25, 0.3) is 0 Å². The molecule has 0 unspecified atom stereocenters. The van der Waals surface area contributed by atoms with Crippen molar-refractivity contribution in [1.82, 2.24) is 10.2 Å². The Morgan fingerprint density at radius 1 is 1.09 bits per heavy atom. The SMILES string of the molecule is COc1cc(CO)cc(I)c1O[C@H]1C=C(C(=O)NCCO)C[C@@H](N(Cc2ccc3c(c2)OCO3)C(=O)C2CCCC2)[C@@H]1O. The summed E-state index contributed by atoms with van der Waals surface area (Å²) in [5, 5.41) is 33.5. The maximum atomic E-state index is 14.1. The number of carbonyl (C=O) groups is 2. The summed E-state index contributed by atoms with van der Waals surface area (Å²) in [4.78, 5) is 29.0. The van der Waals surface area contributed by atoms with Gasteiger partial charge in [0.25, 0.3) is 0 Å². The largest absolute Gasteiger partial charge is 0.493 e. The quantitative estimate of drug-likeness (QED) is 0.259. The van der Waals surface area contributed by atoms with E-state index in [4.69, 9.17) is 18.9 Å². The van der Waals surface area contributed by atoms with Crippen LogP contribution < -0.4 is 24.3 Å². The number of nitrogens with zero attached hydrogens (tertiary/aromatic N) is 1. The van der Waals surface area contributed by atoms with Gasteiger partial charge in [-0.05, 0) is 76.9 Å². The Morgan fingerprint density at radius 2 is 1.86 bits per heavy atom. The summed E-state index contributed by atoms with van der Waals surface area (Å²) < 4.78 is 23.5. The van der Waals surface area contributed by atoms with Crippen molar-refractivity contribution < 1.29 is 43.9 Å². The molecule has 0 bridgehead atoms. The molecule has 1 aliphatic heterocycles. The summed E-state index contributed by atoms with van der Waals surface area (Å²) in [6.45, 7) is -0.0341. The highest BCUT2D eigenvalue weighted by molar-refractivity contribution is 14.1. The number of hydrogen-bond donors (Lipinski definition) is 4. The lowest BCUT2D eigenvalue weighted by Gasteiger charge is -2.41. The van der Waals surface area contributed by atoms with Crippen LogP contribution in [0, 0.1) is 9.49 Å². The number of amides is 2. The van der Waals surface area contributed by atoms with E-state index in [1.54, 1.807) is 29.2 Å². The van der Waals surface area contributed by atoms with Crippen LogP contribution in [0.4, 0.5) is 0 Å². The highest BCUT2D eigenvalue weighted by atomic mass is 127. The Hall–Kier alpha value is -3.07. The number of aliphatic hydroxyl groups is 3. The van der Waals surface area contributed by atoms with Crippen molar-refractivity contribution in [2.24, 2.45) is 5.92 Å². The molecule has 11 nitrogen and oxygen atoms in total. The zero-order valence-electron chi connectivity index (χ0n) is 24.0. The minimum absolute atomic E-state index is 0.0607. The molecule has 2 aromatic rings. The molecule has 1 saturated carbocycles. The van der Waals surface area contributed by atoms with E-state index in [9.17, 15) is 24.9 Å². The van der Waals surface area contributed by atoms with Crippen molar-refractivity contribution in [3.05, 3.63) is 56.7 Å². The molecule has 4 N–H and O–H groups in total. The maximum absolute atomic E-state index is 14.1. The number of nitrogens with one attached hydrogen (secondary N) is 1. The van der Waals surface area contributed by atoms with Gasteiger partial charge in [0.1, 0.15) is 12.2 Å². The molecule has 0 spiro atoms. The molecule has 1 heterocycles. The van der Waals surface area contributed by atoms with Crippen molar-refractivity contribution in [3.63, 3.8) is 0 Å². The molecule has 43 heavy (non-hydrogen) atoms. The number of hydrogen-bond acceptors (Lipinski definition) is 9. The van der Waals surface area contributed by atoms with Crippen LogP contribution in [-0.4, -0.2) is 77.3 Å². The van der Waals surface area contributed by atoms with Crippen molar-refractivity contribution >= 4 is 34.4 Å². The van der Waals surface area contributed by atoms with Gasteiger partial charge in [-0.2, -0.15) is 0 Å². The lowest BCUT2D eigenvalue weighted by molar-refractivity contribution is -0.143. The maximum Gasteiger partial charge on any atom is 0.247 e. The zero-order chi connectivity index (χ0) is 30.5. The van der Waals surface area contributed by atoms with Gasteiger partial charge in [0.15, 0.2) is 23.0 Å². The summed E-state index contributed by atoms with van der Waals surface area (Å²) in [5.74, 6) is 1.27. The van der Waals surface area contributed by atoms with Gasteiger partial charge in [0.2, 0.25) is 18.6 Å². The van der Waals surface area contributed by atoms with Gasteiger partial charge in [-0.3, -0.25) is 9.59 Å². The fraction of sp³-hybridized carbons (Fsp3) is 0.484. The van der Waals surface area contributed by atoms with Gasteiger partial charge in [-0.15, -0.1) is 0 Å².